The number of hydrogen-bond donors (Lipinski definition) is 1. The number of benzene rings is 3. The highest BCUT2D eigenvalue weighted by atomic mass is 16.3. The van der Waals surface area contributed by atoms with Gasteiger partial charge in [-0.3, -0.25) is 0 Å². The Hall–Kier alpha value is -3.27. The van der Waals surface area contributed by atoms with Gasteiger partial charge < -0.3 is 10.0 Å². The zero-order chi connectivity index (χ0) is 19.1. The Kier molecular flexibility index (Phi) is 6.10. The lowest BCUT2D eigenvalue weighted by molar-refractivity contribution is 0.474. The van der Waals surface area contributed by atoms with Crippen LogP contribution in [-0.4, -0.2) is 24.4 Å². The molecule has 0 saturated carbocycles. The Bertz CT molecular complexity index is 835. The third-order valence-electron chi connectivity index (χ3n) is 4.46. The van der Waals surface area contributed by atoms with Crippen LogP contribution in [0.1, 0.15) is 19.4 Å². The van der Waals surface area contributed by atoms with Gasteiger partial charge in [-0.05, 0) is 50.2 Å². The monoisotopic (exact) mass is 359 g/mol. The van der Waals surface area contributed by atoms with Crippen LogP contribution in [0.2, 0.25) is 0 Å². The van der Waals surface area contributed by atoms with Gasteiger partial charge in [0, 0.05) is 30.4 Å². The summed E-state index contributed by atoms with van der Waals surface area (Å²) in [6, 6.07) is 25.6. The van der Waals surface area contributed by atoms with E-state index in [1.165, 1.54) is 0 Å². The Morgan fingerprint density at radius 3 is 1.81 bits per heavy atom. The Labute approximate surface area is 161 Å². The third kappa shape index (κ3) is 4.47. The number of hydrogen-bond acceptors (Lipinski definition) is 4. The second kappa shape index (κ2) is 8.90. The summed E-state index contributed by atoms with van der Waals surface area (Å²) < 4.78 is 0. The lowest BCUT2D eigenvalue weighted by Gasteiger charge is -2.21. The molecule has 0 saturated heterocycles. The van der Waals surface area contributed by atoms with Crippen LogP contribution in [0.3, 0.4) is 0 Å². The molecule has 0 spiro atoms. The van der Waals surface area contributed by atoms with Gasteiger partial charge in [0.2, 0.25) is 0 Å². The molecule has 0 heterocycles. The average Bonchev–Trinajstić information content (AvgIpc) is 2.72. The third-order valence-corrected chi connectivity index (χ3v) is 4.46. The summed E-state index contributed by atoms with van der Waals surface area (Å²) in [7, 11) is 0. The summed E-state index contributed by atoms with van der Waals surface area (Å²) in [4.78, 5) is 2.20. The molecular formula is C23H25N3O. The first-order chi connectivity index (χ1) is 13.2. The molecule has 0 unspecified atom stereocenters. The number of para-hydroxylation sites is 2. The fourth-order valence-corrected chi connectivity index (χ4v) is 2.97. The maximum Gasteiger partial charge on any atom is 0.126 e. The first kappa shape index (κ1) is 18.5. The number of anilines is 3. The van der Waals surface area contributed by atoms with Crippen molar-refractivity contribution in [1.82, 2.24) is 0 Å². The molecule has 3 rings (SSSR count). The van der Waals surface area contributed by atoms with Crippen LogP contribution in [-0.2, 0) is 0 Å². The maximum atomic E-state index is 10.4. The zero-order valence-electron chi connectivity index (χ0n) is 15.8. The summed E-state index contributed by atoms with van der Waals surface area (Å²) in [6.45, 7) is 6.01. The van der Waals surface area contributed by atoms with Gasteiger partial charge in [0.25, 0.3) is 0 Å². The van der Waals surface area contributed by atoms with Crippen molar-refractivity contribution in [2.45, 2.75) is 13.8 Å². The number of phenolic OH excluding ortho intramolecular Hbond substituents is 1. The van der Waals surface area contributed by atoms with Crippen molar-refractivity contribution in [3.05, 3.63) is 84.4 Å². The molecule has 3 aromatic carbocycles. The van der Waals surface area contributed by atoms with Crippen molar-refractivity contribution < 1.29 is 5.11 Å². The van der Waals surface area contributed by atoms with Crippen molar-refractivity contribution in [1.29, 1.82) is 0 Å². The molecule has 0 radical (unpaired) electrons. The lowest BCUT2D eigenvalue weighted by Crippen LogP contribution is -2.21. The standard InChI is InChI=1S/C23H25N3O/c1-3-25(4-2)22-16-15-19(23(27)17-22)18-24-26(20-11-7-5-8-12-20)21-13-9-6-10-14-21/h5-18,27H,3-4H2,1-2H3/b24-18+. The van der Waals surface area contributed by atoms with Crippen LogP contribution in [0.5, 0.6) is 5.75 Å². The van der Waals surface area contributed by atoms with Crippen LogP contribution in [0.25, 0.3) is 0 Å². The molecule has 4 heteroatoms. The fraction of sp³-hybridized carbons (Fsp3) is 0.174. The molecule has 0 aliphatic carbocycles. The largest absolute Gasteiger partial charge is 0.507 e. The highest BCUT2D eigenvalue weighted by molar-refractivity contribution is 5.86. The molecule has 27 heavy (non-hydrogen) atoms. The number of rotatable bonds is 7. The number of phenols is 1. The molecule has 3 aromatic rings. The van der Waals surface area contributed by atoms with Crippen LogP contribution < -0.4 is 9.91 Å². The minimum Gasteiger partial charge on any atom is -0.507 e. The maximum absolute atomic E-state index is 10.4. The van der Waals surface area contributed by atoms with E-state index in [0.717, 1.165) is 30.2 Å². The van der Waals surface area contributed by atoms with Crippen LogP contribution in [0.15, 0.2) is 84.0 Å². The van der Waals surface area contributed by atoms with E-state index < -0.39 is 0 Å². The number of aromatic hydroxyl groups is 1. The van der Waals surface area contributed by atoms with E-state index in [4.69, 9.17) is 0 Å². The van der Waals surface area contributed by atoms with Crippen LogP contribution in [0, 0.1) is 0 Å². The van der Waals surface area contributed by atoms with E-state index in [0.29, 0.717) is 5.56 Å². The van der Waals surface area contributed by atoms with E-state index in [9.17, 15) is 5.11 Å². The summed E-state index contributed by atoms with van der Waals surface area (Å²) >= 11 is 0. The van der Waals surface area contributed by atoms with E-state index in [2.05, 4.69) is 23.8 Å². The second-order valence-corrected chi connectivity index (χ2v) is 6.14. The highest BCUT2D eigenvalue weighted by Crippen LogP contribution is 2.27. The first-order valence-electron chi connectivity index (χ1n) is 9.25. The van der Waals surface area contributed by atoms with E-state index in [1.54, 1.807) is 12.3 Å². The predicted octanol–water partition coefficient (Wildman–Crippen LogP) is 5.41. The SMILES string of the molecule is CCN(CC)c1ccc(/C=N/N(c2ccccc2)c2ccccc2)c(O)c1. The number of hydrazone groups is 1. The van der Waals surface area contributed by atoms with Gasteiger partial charge in [0.15, 0.2) is 0 Å². The molecule has 0 aromatic heterocycles. The highest BCUT2D eigenvalue weighted by Gasteiger charge is 2.09. The topological polar surface area (TPSA) is 39.1 Å². The van der Waals surface area contributed by atoms with E-state index in [-0.39, 0.29) is 5.75 Å². The van der Waals surface area contributed by atoms with Crippen molar-refractivity contribution in [2.24, 2.45) is 5.10 Å². The van der Waals surface area contributed by atoms with Crippen LogP contribution in [0.4, 0.5) is 17.1 Å². The smallest absolute Gasteiger partial charge is 0.126 e. The molecule has 0 amide bonds. The molecule has 0 atom stereocenters. The van der Waals surface area contributed by atoms with Gasteiger partial charge in [0.1, 0.15) is 5.75 Å². The quantitative estimate of drug-likeness (QED) is 0.453. The summed E-state index contributed by atoms with van der Waals surface area (Å²) in [5, 5.41) is 17.0. The summed E-state index contributed by atoms with van der Waals surface area (Å²) in [5.74, 6) is 0.226. The molecular weight excluding hydrogens is 334 g/mol. The normalized spacial score (nSPS) is 10.9. The van der Waals surface area contributed by atoms with Gasteiger partial charge in [-0.2, -0.15) is 5.10 Å². The van der Waals surface area contributed by atoms with E-state index in [1.807, 2.05) is 77.8 Å². The van der Waals surface area contributed by atoms with Crippen molar-refractivity contribution >= 4 is 23.3 Å². The lowest BCUT2D eigenvalue weighted by atomic mass is 10.2. The Balaban J connectivity index is 1.91. The predicted molar refractivity (Wildman–Crippen MR) is 114 cm³/mol. The molecule has 0 aliphatic heterocycles. The number of nitrogens with zero attached hydrogens (tertiary/aromatic N) is 3. The van der Waals surface area contributed by atoms with Gasteiger partial charge in [-0.15, -0.1) is 0 Å². The van der Waals surface area contributed by atoms with Crippen LogP contribution >= 0.6 is 0 Å². The van der Waals surface area contributed by atoms with Gasteiger partial charge in [-0.25, -0.2) is 5.01 Å². The summed E-state index contributed by atoms with van der Waals surface area (Å²) in [6.07, 6.45) is 1.70. The molecule has 138 valence electrons. The van der Waals surface area contributed by atoms with Gasteiger partial charge in [0.05, 0.1) is 17.6 Å². The zero-order valence-corrected chi connectivity index (χ0v) is 15.8. The molecule has 0 bridgehead atoms. The minimum atomic E-state index is 0.226. The Morgan fingerprint density at radius 1 is 0.778 bits per heavy atom. The first-order valence-corrected chi connectivity index (χ1v) is 9.25. The molecule has 1 N–H and O–H groups in total. The minimum absolute atomic E-state index is 0.226. The molecule has 0 aliphatic rings. The van der Waals surface area contributed by atoms with Crippen molar-refractivity contribution in [2.75, 3.05) is 23.0 Å². The molecule has 4 nitrogen and oxygen atoms in total. The van der Waals surface area contributed by atoms with Crippen molar-refractivity contribution in [3.8, 4) is 5.75 Å². The Morgan fingerprint density at radius 2 is 1.33 bits per heavy atom. The van der Waals surface area contributed by atoms with Gasteiger partial charge >= 0.3 is 0 Å². The molecule has 0 fully saturated rings. The average molecular weight is 359 g/mol. The fourth-order valence-electron chi connectivity index (χ4n) is 2.97. The summed E-state index contributed by atoms with van der Waals surface area (Å²) in [5.41, 5.74) is 3.61. The van der Waals surface area contributed by atoms with Crippen molar-refractivity contribution in [3.63, 3.8) is 0 Å². The van der Waals surface area contributed by atoms with E-state index >= 15 is 0 Å². The van der Waals surface area contributed by atoms with Gasteiger partial charge in [-0.1, -0.05) is 36.4 Å². The second-order valence-electron chi connectivity index (χ2n) is 6.14.